The van der Waals surface area contributed by atoms with Gasteiger partial charge in [0.1, 0.15) is 5.75 Å². The summed E-state index contributed by atoms with van der Waals surface area (Å²) in [7, 11) is 3.57. The van der Waals surface area contributed by atoms with Gasteiger partial charge < -0.3 is 15.0 Å². The van der Waals surface area contributed by atoms with Crippen LogP contribution in [0.25, 0.3) is 0 Å². The van der Waals surface area contributed by atoms with Crippen LogP contribution >= 0.6 is 0 Å². The van der Waals surface area contributed by atoms with Crippen molar-refractivity contribution in [2.75, 3.05) is 46.9 Å². The fourth-order valence-electron chi connectivity index (χ4n) is 3.44. The van der Waals surface area contributed by atoms with Gasteiger partial charge in [0, 0.05) is 46.3 Å². The van der Waals surface area contributed by atoms with Crippen molar-refractivity contribution in [2.24, 2.45) is 4.99 Å². The van der Waals surface area contributed by atoms with Crippen LogP contribution in [0, 0.1) is 0 Å². The minimum atomic E-state index is 0.865. The summed E-state index contributed by atoms with van der Waals surface area (Å²) in [5.41, 5.74) is 2.65. The molecule has 0 saturated carbocycles. The van der Waals surface area contributed by atoms with E-state index in [4.69, 9.17) is 4.74 Å². The van der Waals surface area contributed by atoms with Crippen molar-refractivity contribution < 1.29 is 4.74 Å². The third-order valence-electron chi connectivity index (χ3n) is 4.96. The van der Waals surface area contributed by atoms with E-state index in [0.29, 0.717) is 0 Å². The molecule has 1 N–H and O–H groups in total. The van der Waals surface area contributed by atoms with E-state index in [-0.39, 0.29) is 0 Å². The van der Waals surface area contributed by atoms with Crippen LogP contribution in [0.4, 0.5) is 0 Å². The molecule has 0 amide bonds. The Bertz CT molecular complexity index is 724. The molecule has 1 heterocycles. The smallest absolute Gasteiger partial charge is 0.193 e. The molecule has 0 radical (unpaired) electrons. The molecule has 0 unspecified atom stereocenters. The number of benzene rings is 2. The summed E-state index contributed by atoms with van der Waals surface area (Å²) < 4.78 is 5.29. The van der Waals surface area contributed by atoms with Crippen molar-refractivity contribution >= 4 is 5.96 Å². The number of guanidine groups is 1. The highest BCUT2D eigenvalue weighted by atomic mass is 16.5. The standard InChI is InChI=1S/C22H30N4O/c1-23-22(24-12-11-19-9-6-10-21(17-19)27-2)26-15-13-25(14-16-26)18-20-7-4-3-5-8-20/h3-10,17H,11-16,18H2,1-2H3,(H,23,24). The number of hydrogen-bond acceptors (Lipinski definition) is 3. The maximum Gasteiger partial charge on any atom is 0.193 e. The number of nitrogens with one attached hydrogen (secondary N) is 1. The van der Waals surface area contributed by atoms with Gasteiger partial charge in [0.05, 0.1) is 7.11 Å². The normalized spacial score (nSPS) is 15.6. The van der Waals surface area contributed by atoms with Crippen LogP contribution in [-0.4, -0.2) is 62.6 Å². The lowest BCUT2D eigenvalue weighted by Gasteiger charge is -2.36. The Labute approximate surface area is 162 Å². The highest BCUT2D eigenvalue weighted by Crippen LogP contribution is 2.13. The Morgan fingerprint density at radius 1 is 1.00 bits per heavy atom. The number of rotatable bonds is 6. The third-order valence-corrected chi connectivity index (χ3v) is 4.96. The molecule has 1 aliphatic rings. The first-order valence-corrected chi connectivity index (χ1v) is 9.63. The quantitative estimate of drug-likeness (QED) is 0.630. The summed E-state index contributed by atoms with van der Waals surface area (Å²) in [6, 6.07) is 18.9. The summed E-state index contributed by atoms with van der Waals surface area (Å²) >= 11 is 0. The molecule has 0 aromatic heterocycles. The zero-order valence-electron chi connectivity index (χ0n) is 16.4. The first-order chi connectivity index (χ1) is 13.3. The van der Waals surface area contributed by atoms with Gasteiger partial charge in [-0.15, -0.1) is 0 Å². The van der Waals surface area contributed by atoms with Gasteiger partial charge in [-0.2, -0.15) is 0 Å². The Morgan fingerprint density at radius 2 is 1.74 bits per heavy atom. The lowest BCUT2D eigenvalue weighted by Crippen LogP contribution is -2.52. The summed E-state index contributed by atoms with van der Waals surface area (Å²) in [6.45, 7) is 6.02. The Hall–Kier alpha value is -2.53. The molecule has 144 valence electrons. The van der Waals surface area contributed by atoms with Gasteiger partial charge in [-0.25, -0.2) is 0 Å². The lowest BCUT2D eigenvalue weighted by atomic mass is 10.1. The largest absolute Gasteiger partial charge is 0.497 e. The second kappa shape index (κ2) is 9.97. The fourth-order valence-corrected chi connectivity index (χ4v) is 3.44. The molecule has 0 aliphatic carbocycles. The monoisotopic (exact) mass is 366 g/mol. The number of piperazine rings is 1. The van der Waals surface area contributed by atoms with Crippen LogP contribution in [0.15, 0.2) is 59.6 Å². The molecule has 5 nitrogen and oxygen atoms in total. The van der Waals surface area contributed by atoms with Crippen LogP contribution in [0.5, 0.6) is 5.75 Å². The van der Waals surface area contributed by atoms with Crippen molar-refractivity contribution in [3.05, 3.63) is 65.7 Å². The fraction of sp³-hybridized carbons (Fsp3) is 0.409. The highest BCUT2D eigenvalue weighted by molar-refractivity contribution is 5.80. The van der Waals surface area contributed by atoms with Gasteiger partial charge in [0.15, 0.2) is 5.96 Å². The van der Waals surface area contributed by atoms with E-state index < -0.39 is 0 Å². The molecule has 0 atom stereocenters. The molecule has 2 aromatic rings. The van der Waals surface area contributed by atoms with E-state index >= 15 is 0 Å². The molecule has 3 rings (SSSR count). The summed E-state index contributed by atoms with van der Waals surface area (Å²) in [6.07, 6.45) is 0.949. The minimum absolute atomic E-state index is 0.865. The second-order valence-corrected chi connectivity index (χ2v) is 6.82. The molecule has 1 aliphatic heterocycles. The highest BCUT2D eigenvalue weighted by Gasteiger charge is 2.19. The predicted octanol–water partition coefficient (Wildman–Crippen LogP) is 2.63. The van der Waals surface area contributed by atoms with E-state index in [1.165, 1.54) is 11.1 Å². The van der Waals surface area contributed by atoms with Crippen molar-refractivity contribution in [3.8, 4) is 5.75 Å². The Balaban J connectivity index is 1.43. The van der Waals surface area contributed by atoms with E-state index in [1.54, 1.807) is 7.11 Å². The van der Waals surface area contributed by atoms with E-state index in [0.717, 1.165) is 57.4 Å². The molecular formula is C22H30N4O. The van der Waals surface area contributed by atoms with E-state index in [1.807, 2.05) is 19.2 Å². The summed E-state index contributed by atoms with van der Waals surface area (Å²) in [4.78, 5) is 9.34. The zero-order chi connectivity index (χ0) is 18.9. The Morgan fingerprint density at radius 3 is 2.44 bits per heavy atom. The first-order valence-electron chi connectivity index (χ1n) is 9.63. The van der Waals surface area contributed by atoms with Gasteiger partial charge in [-0.05, 0) is 29.7 Å². The van der Waals surface area contributed by atoms with Crippen molar-refractivity contribution in [2.45, 2.75) is 13.0 Å². The molecule has 1 fully saturated rings. The average Bonchev–Trinajstić information content (AvgIpc) is 2.73. The summed E-state index contributed by atoms with van der Waals surface area (Å²) in [5, 5.41) is 3.51. The third kappa shape index (κ3) is 5.73. The maximum absolute atomic E-state index is 5.29. The van der Waals surface area contributed by atoms with Gasteiger partial charge in [0.25, 0.3) is 0 Å². The number of nitrogens with zero attached hydrogens (tertiary/aromatic N) is 3. The lowest BCUT2D eigenvalue weighted by molar-refractivity contribution is 0.172. The van der Waals surface area contributed by atoms with Crippen molar-refractivity contribution in [3.63, 3.8) is 0 Å². The number of ether oxygens (including phenoxy) is 1. The molecule has 0 bridgehead atoms. The van der Waals surface area contributed by atoms with Crippen LogP contribution in [0.1, 0.15) is 11.1 Å². The average molecular weight is 367 g/mol. The topological polar surface area (TPSA) is 40.1 Å². The molecule has 1 saturated heterocycles. The van der Waals surface area contributed by atoms with Crippen LogP contribution in [0.3, 0.4) is 0 Å². The zero-order valence-corrected chi connectivity index (χ0v) is 16.4. The van der Waals surface area contributed by atoms with Gasteiger partial charge in [0.2, 0.25) is 0 Å². The van der Waals surface area contributed by atoms with Gasteiger partial charge in [-0.3, -0.25) is 9.89 Å². The van der Waals surface area contributed by atoms with E-state index in [9.17, 15) is 0 Å². The van der Waals surface area contributed by atoms with Crippen LogP contribution in [0.2, 0.25) is 0 Å². The molecule has 0 spiro atoms. The molecule has 5 heteroatoms. The number of hydrogen-bond donors (Lipinski definition) is 1. The molecule has 2 aromatic carbocycles. The number of aliphatic imine (C=N–C) groups is 1. The predicted molar refractivity (Wildman–Crippen MR) is 111 cm³/mol. The molecule has 27 heavy (non-hydrogen) atoms. The van der Waals surface area contributed by atoms with Crippen molar-refractivity contribution in [1.29, 1.82) is 0 Å². The van der Waals surface area contributed by atoms with Gasteiger partial charge >= 0.3 is 0 Å². The maximum atomic E-state index is 5.29. The Kier molecular flexibility index (Phi) is 7.11. The first kappa shape index (κ1) is 19.2. The van der Waals surface area contributed by atoms with Gasteiger partial charge in [-0.1, -0.05) is 42.5 Å². The minimum Gasteiger partial charge on any atom is -0.497 e. The van der Waals surface area contributed by atoms with E-state index in [2.05, 4.69) is 62.6 Å². The number of methoxy groups -OCH3 is 1. The van der Waals surface area contributed by atoms with Crippen molar-refractivity contribution in [1.82, 2.24) is 15.1 Å². The van der Waals surface area contributed by atoms with Crippen LogP contribution < -0.4 is 10.1 Å². The molecular weight excluding hydrogens is 336 g/mol. The SMILES string of the molecule is CN=C(NCCc1cccc(OC)c1)N1CCN(Cc2ccccc2)CC1. The summed E-state index contributed by atoms with van der Waals surface area (Å²) in [5.74, 6) is 1.91. The van der Waals surface area contributed by atoms with Crippen LogP contribution in [-0.2, 0) is 13.0 Å². The second-order valence-electron chi connectivity index (χ2n) is 6.82.